The molecule has 0 aliphatic heterocycles. The Bertz CT molecular complexity index is 590. The number of aromatic nitrogens is 2. The van der Waals surface area contributed by atoms with Crippen molar-refractivity contribution in [3.8, 4) is 17.1 Å². The maximum Gasteiger partial charge on any atom is 0.240 e. The number of benzene rings is 1. The van der Waals surface area contributed by atoms with Crippen molar-refractivity contribution in [3.63, 3.8) is 0 Å². The number of ether oxygens (including phenoxy) is 1. The molecule has 0 atom stereocenters. The predicted molar refractivity (Wildman–Crippen MR) is 72.8 cm³/mol. The average molecular weight is 279 g/mol. The number of hydrogen-bond donors (Lipinski definition) is 1. The normalized spacial score (nSPS) is 11.7. The number of halogens is 1. The SMILES string of the molecule is COc1cc(-c2noc(CNC(C)(C)C)n2)ccc1F. The van der Waals surface area contributed by atoms with Gasteiger partial charge in [-0.3, -0.25) is 0 Å². The van der Waals surface area contributed by atoms with Crippen LogP contribution in [-0.4, -0.2) is 22.8 Å². The fraction of sp³-hybridized carbons (Fsp3) is 0.429. The second-order valence-corrected chi connectivity index (χ2v) is 5.46. The molecule has 0 saturated heterocycles. The number of nitrogens with one attached hydrogen (secondary N) is 1. The van der Waals surface area contributed by atoms with Gasteiger partial charge in [0.05, 0.1) is 13.7 Å². The Balaban J connectivity index is 2.16. The van der Waals surface area contributed by atoms with Crippen LogP contribution in [0.5, 0.6) is 5.75 Å². The van der Waals surface area contributed by atoms with E-state index in [9.17, 15) is 4.39 Å². The standard InChI is InChI=1S/C14H18FN3O2/c1-14(2,3)16-8-12-17-13(18-20-12)9-5-6-10(15)11(7-9)19-4/h5-7,16H,8H2,1-4H3. The summed E-state index contributed by atoms with van der Waals surface area (Å²) in [6, 6.07) is 4.45. The van der Waals surface area contributed by atoms with Gasteiger partial charge < -0.3 is 14.6 Å². The van der Waals surface area contributed by atoms with Crippen LogP contribution in [0.4, 0.5) is 4.39 Å². The van der Waals surface area contributed by atoms with Crippen molar-refractivity contribution in [1.29, 1.82) is 0 Å². The Hall–Kier alpha value is -1.95. The zero-order valence-electron chi connectivity index (χ0n) is 12.0. The molecule has 1 heterocycles. The van der Waals surface area contributed by atoms with E-state index in [1.807, 2.05) is 0 Å². The zero-order valence-corrected chi connectivity index (χ0v) is 12.0. The Morgan fingerprint density at radius 1 is 1.35 bits per heavy atom. The van der Waals surface area contributed by atoms with Crippen molar-refractivity contribution >= 4 is 0 Å². The molecule has 2 aromatic rings. The van der Waals surface area contributed by atoms with Gasteiger partial charge in [-0.2, -0.15) is 4.98 Å². The third kappa shape index (κ3) is 3.54. The van der Waals surface area contributed by atoms with Gasteiger partial charge in [-0.15, -0.1) is 0 Å². The Labute approximate surface area is 117 Å². The highest BCUT2D eigenvalue weighted by atomic mass is 19.1. The van der Waals surface area contributed by atoms with Crippen LogP contribution in [0, 0.1) is 5.82 Å². The molecule has 0 amide bonds. The van der Waals surface area contributed by atoms with E-state index in [1.165, 1.54) is 13.2 Å². The van der Waals surface area contributed by atoms with E-state index >= 15 is 0 Å². The maximum atomic E-state index is 13.3. The van der Waals surface area contributed by atoms with Crippen molar-refractivity contribution < 1.29 is 13.7 Å². The van der Waals surface area contributed by atoms with Crippen LogP contribution in [-0.2, 0) is 6.54 Å². The maximum absolute atomic E-state index is 13.3. The highest BCUT2D eigenvalue weighted by Gasteiger charge is 2.14. The lowest BCUT2D eigenvalue weighted by Crippen LogP contribution is -2.35. The van der Waals surface area contributed by atoms with E-state index in [0.29, 0.717) is 23.8 Å². The lowest BCUT2D eigenvalue weighted by atomic mass is 10.1. The largest absolute Gasteiger partial charge is 0.494 e. The molecule has 0 radical (unpaired) electrons. The highest BCUT2D eigenvalue weighted by molar-refractivity contribution is 5.57. The first-order valence-corrected chi connectivity index (χ1v) is 6.30. The van der Waals surface area contributed by atoms with Gasteiger partial charge >= 0.3 is 0 Å². The number of rotatable bonds is 4. The van der Waals surface area contributed by atoms with Gasteiger partial charge in [0.2, 0.25) is 11.7 Å². The van der Waals surface area contributed by atoms with E-state index in [-0.39, 0.29) is 11.3 Å². The molecule has 1 aromatic heterocycles. The topological polar surface area (TPSA) is 60.2 Å². The first-order chi connectivity index (χ1) is 9.39. The van der Waals surface area contributed by atoms with E-state index in [0.717, 1.165) is 0 Å². The molecule has 5 nitrogen and oxygen atoms in total. The lowest BCUT2D eigenvalue weighted by molar-refractivity contribution is 0.336. The molecule has 0 fully saturated rings. The van der Waals surface area contributed by atoms with Crippen molar-refractivity contribution in [2.45, 2.75) is 32.9 Å². The molecule has 20 heavy (non-hydrogen) atoms. The zero-order chi connectivity index (χ0) is 14.8. The number of nitrogens with zero attached hydrogens (tertiary/aromatic N) is 2. The molecule has 1 aromatic carbocycles. The van der Waals surface area contributed by atoms with Crippen molar-refractivity contribution in [2.24, 2.45) is 0 Å². The molecule has 6 heteroatoms. The summed E-state index contributed by atoms with van der Waals surface area (Å²) >= 11 is 0. The van der Waals surface area contributed by atoms with Crippen LogP contribution in [0.2, 0.25) is 0 Å². The third-order valence-corrected chi connectivity index (χ3v) is 2.65. The van der Waals surface area contributed by atoms with Gasteiger partial charge in [-0.25, -0.2) is 4.39 Å². The first kappa shape index (κ1) is 14.5. The van der Waals surface area contributed by atoms with Crippen LogP contribution < -0.4 is 10.1 Å². The fourth-order valence-electron chi connectivity index (χ4n) is 1.58. The minimum absolute atomic E-state index is 0.0340. The van der Waals surface area contributed by atoms with E-state index < -0.39 is 5.82 Å². The summed E-state index contributed by atoms with van der Waals surface area (Å²) < 4.78 is 23.4. The highest BCUT2D eigenvalue weighted by Crippen LogP contribution is 2.24. The van der Waals surface area contributed by atoms with Gasteiger partial charge in [-0.1, -0.05) is 5.16 Å². The van der Waals surface area contributed by atoms with Crippen LogP contribution >= 0.6 is 0 Å². The quantitative estimate of drug-likeness (QED) is 0.932. The molecular weight excluding hydrogens is 261 g/mol. The number of hydrogen-bond acceptors (Lipinski definition) is 5. The minimum atomic E-state index is -0.422. The Morgan fingerprint density at radius 3 is 2.75 bits per heavy atom. The molecule has 0 bridgehead atoms. The smallest absolute Gasteiger partial charge is 0.240 e. The molecule has 0 unspecified atom stereocenters. The Kier molecular flexibility index (Phi) is 4.04. The average Bonchev–Trinajstić information content (AvgIpc) is 2.85. The second-order valence-electron chi connectivity index (χ2n) is 5.46. The minimum Gasteiger partial charge on any atom is -0.494 e. The van der Waals surface area contributed by atoms with Gasteiger partial charge in [-0.05, 0) is 39.0 Å². The van der Waals surface area contributed by atoms with Crippen LogP contribution in [0.3, 0.4) is 0 Å². The van der Waals surface area contributed by atoms with Crippen LogP contribution in [0.15, 0.2) is 22.7 Å². The van der Waals surface area contributed by atoms with Crippen molar-refractivity contribution in [3.05, 3.63) is 29.9 Å². The van der Waals surface area contributed by atoms with E-state index in [1.54, 1.807) is 12.1 Å². The van der Waals surface area contributed by atoms with Crippen LogP contribution in [0.1, 0.15) is 26.7 Å². The fourth-order valence-corrected chi connectivity index (χ4v) is 1.58. The summed E-state index contributed by atoms with van der Waals surface area (Å²) in [7, 11) is 1.41. The van der Waals surface area contributed by atoms with Crippen LogP contribution in [0.25, 0.3) is 11.4 Å². The van der Waals surface area contributed by atoms with Crippen molar-refractivity contribution in [2.75, 3.05) is 7.11 Å². The molecule has 2 rings (SSSR count). The summed E-state index contributed by atoms with van der Waals surface area (Å²) in [6.07, 6.45) is 0. The third-order valence-electron chi connectivity index (χ3n) is 2.65. The number of methoxy groups -OCH3 is 1. The lowest BCUT2D eigenvalue weighted by Gasteiger charge is -2.18. The summed E-state index contributed by atoms with van der Waals surface area (Å²) in [5.41, 5.74) is 0.613. The summed E-state index contributed by atoms with van der Waals surface area (Å²) in [6.45, 7) is 6.63. The Morgan fingerprint density at radius 2 is 2.10 bits per heavy atom. The first-order valence-electron chi connectivity index (χ1n) is 6.30. The van der Waals surface area contributed by atoms with Gasteiger partial charge in [0.1, 0.15) is 0 Å². The predicted octanol–water partition coefficient (Wildman–Crippen LogP) is 2.77. The monoisotopic (exact) mass is 279 g/mol. The van der Waals surface area contributed by atoms with E-state index in [4.69, 9.17) is 9.26 Å². The summed E-state index contributed by atoms with van der Waals surface area (Å²) in [5, 5.41) is 7.14. The second kappa shape index (κ2) is 5.58. The van der Waals surface area contributed by atoms with Gasteiger partial charge in [0.25, 0.3) is 0 Å². The van der Waals surface area contributed by atoms with Gasteiger partial charge in [0.15, 0.2) is 11.6 Å². The summed E-state index contributed by atoms with van der Waals surface area (Å²) in [5.74, 6) is 0.628. The molecule has 0 saturated carbocycles. The molecule has 0 spiro atoms. The van der Waals surface area contributed by atoms with Crippen molar-refractivity contribution in [1.82, 2.24) is 15.5 Å². The molecule has 0 aliphatic carbocycles. The molecule has 1 N–H and O–H groups in total. The van der Waals surface area contributed by atoms with Gasteiger partial charge in [0, 0.05) is 11.1 Å². The molecular formula is C14H18FN3O2. The van der Waals surface area contributed by atoms with E-state index in [2.05, 4.69) is 36.2 Å². The molecule has 0 aliphatic rings. The molecule has 108 valence electrons. The summed E-state index contributed by atoms with van der Waals surface area (Å²) in [4.78, 5) is 4.27.